The molecule has 1 aromatic carbocycles. The molecule has 3 rings (SSSR count). The Morgan fingerprint density at radius 1 is 1.39 bits per heavy atom. The molecule has 1 aliphatic heterocycles. The highest BCUT2D eigenvalue weighted by atomic mass is 19.1. The minimum absolute atomic E-state index is 0.0690. The molecule has 1 aliphatic rings. The van der Waals surface area contributed by atoms with Crippen LogP contribution in [-0.4, -0.2) is 51.9 Å². The fourth-order valence-electron chi connectivity index (χ4n) is 3.05. The van der Waals surface area contributed by atoms with Gasteiger partial charge in [0, 0.05) is 31.7 Å². The minimum atomic E-state index is -0.652. The van der Waals surface area contributed by atoms with E-state index < -0.39 is 5.60 Å². The smallest absolute Gasteiger partial charge is 0.123 e. The lowest BCUT2D eigenvalue weighted by atomic mass is 9.93. The van der Waals surface area contributed by atoms with Gasteiger partial charge in [0.05, 0.1) is 25.2 Å². The number of aryl methyl sites for hydroxylation is 1. The molecule has 5 nitrogen and oxygen atoms in total. The number of hydrogen-bond acceptors (Lipinski definition) is 4. The van der Waals surface area contributed by atoms with Gasteiger partial charge in [-0.2, -0.15) is 0 Å². The highest BCUT2D eigenvalue weighted by Crippen LogP contribution is 2.24. The molecule has 0 bridgehead atoms. The summed E-state index contributed by atoms with van der Waals surface area (Å²) in [6.45, 7) is 4.64. The molecular formula is C17H22FN3O2. The topological polar surface area (TPSA) is 61.4 Å². The zero-order valence-corrected chi connectivity index (χ0v) is 13.3. The number of benzene rings is 1. The molecule has 0 saturated carbocycles. The number of nitrogens with zero attached hydrogens (tertiary/aromatic N) is 2. The lowest BCUT2D eigenvalue weighted by Gasteiger charge is -2.41. The highest BCUT2D eigenvalue weighted by Gasteiger charge is 2.36. The van der Waals surface area contributed by atoms with Crippen molar-refractivity contribution < 1.29 is 14.2 Å². The van der Waals surface area contributed by atoms with Crippen LogP contribution in [0.5, 0.6) is 0 Å². The fraction of sp³-hybridized carbons (Fsp3) is 0.471. The van der Waals surface area contributed by atoms with Gasteiger partial charge in [0.2, 0.25) is 0 Å². The Hall–Kier alpha value is -1.76. The molecule has 1 saturated heterocycles. The van der Waals surface area contributed by atoms with E-state index in [1.54, 1.807) is 18.5 Å². The molecule has 2 N–H and O–H groups in total. The van der Waals surface area contributed by atoms with Gasteiger partial charge in [0.15, 0.2) is 0 Å². The first kappa shape index (κ1) is 16.1. The first-order chi connectivity index (χ1) is 11.1. The monoisotopic (exact) mass is 319 g/mol. The number of H-pyrrole nitrogens is 1. The Kier molecular flexibility index (Phi) is 4.75. The number of nitrogens with one attached hydrogen (secondary N) is 1. The summed E-state index contributed by atoms with van der Waals surface area (Å²) < 4.78 is 19.0. The molecule has 2 heterocycles. The van der Waals surface area contributed by atoms with E-state index in [4.69, 9.17) is 4.74 Å². The van der Waals surface area contributed by atoms with Crippen molar-refractivity contribution in [3.63, 3.8) is 0 Å². The van der Waals surface area contributed by atoms with Crippen molar-refractivity contribution in [2.75, 3.05) is 26.3 Å². The fourth-order valence-corrected chi connectivity index (χ4v) is 3.05. The number of rotatable bonds is 5. The third-order valence-electron chi connectivity index (χ3n) is 4.36. The van der Waals surface area contributed by atoms with E-state index in [-0.39, 0.29) is 12.4 Å². The SMILES string of the molecule is Cc1[nH]cnc1CN1CCO[C@@](CO)(Cc2ccc(F)cc2)C1. The van der Waals surface area contributed by atoms with E-state index >= 15 is 0 Å². The van der Waals surface area contributed by atoms with Gasteiger partial charge < -0.3 is 14.8 Å². The Morgan fingerprint density at radius 2 is 2.17 bits per heavy atom. The maximum Gasteiger partial charge on any atom is 0.123 e. The number of aromatic nitrogens is 2. The van der Waals surface area contributed by atoms with E-state index in [0.717, 1.165) is 30.0 Å². The van der Waals surface area contributed by atoms with Gasteiger partial charge in [0.1, 0.15) is 11.4 Å². The van der Waals surface area contributed by atoms with Crippen LogP contribution >= 0.6 is 0 Å². The number of imidazole rings is 1. The van der Waals surface area contributed by atoms with E-state index in [0.29, 0.717) is 19.6 Å². The van der Waals surface area contributed by atoms with Crippen LogP contribution in [-0.2, 0) is 17.7 Å². The molecule has 0 radical (unpaired) electrons. The average molecular weight is 319 g/mol. The van der Waals surface area contributed by atoms with Crippen LogP contribution in [0.15, 0.2) is 30.6 Å². The molecule has 1 fully saturated rings. The molecule has 23 heavy (non-hydrogen) atoms. The summed E-state index contributed by atoms with van der Waals surface area (Å²) in [7, 11) is 0. The summed E-state index contributed by atoms with van der Waals surface area (Å²) in [5, 5.41) is 9.91. The summed E-state index contributed by atoms with van der Waals surface area (Å²) >= 11 is 0. The second-order valence-electron chi connectivity index (χ2n) is 6.18. The summed E-state index contributed by atoms with van der Waals surface area (Å²) in [6, 6.07) is 6.36. The quantitative estimate of drug-likeness (QED) is 0.880. The van der Waals surface area contributed by atoms with Crippen molar-refractivity contribution in [1.82, 2.24) is 14.9 Å². The van der Waals surface area contributed by atoms with Gasteiger partial charge in [-0.15, -0.1) is 0 Å². The second kappa shape index (κ2) is 6.78. The number of hydrogen-bond donors (Lipinski definition) is 2. The predicted octanol–water partition coefficient (Wildman–Crippen LogP) is 1.66. The normalized spacial score (nSPS) is 22.4. The van der Waals surface area contributed by atoms with E-state index in [1.807, 2.05) is 6.92 Å². The van der Waals surface area contributed by atoms with Crippen molar-refractivity contribution in [2.24, 2.45) is 0 Å². The van der Waals surface area contributed by atoms with Crippen LogP contribution in [0.1, 0.15) is 17.0 Å². The van der Waals surface area contributed by atoms with E-state index in [9.17, 15) is 9.50 Å². The first-order valence-electron chi connectivity index (χ1n) is 7.81. The largest absolute Gasteiger partial charge is 0.393 e. The van der Waals surface area contributed by atoms with Crippen molar-refractivity contribution in [2.45, 2.75) is 25.5 Å². The van der Waals surface area contributed by atoms with E-state index in [1.165, 1.54) is 12.1 Å². The third-order valence-corrected chi connectivity index (χ3v) is 4.36. The van der Waals surface area contributed by atoms with Crippen LogP contribution in [0.3, 0.4) is 0 Å². The molecule has 1 atom stereocenters. The lowest BCUT2D eigenvalue weighted by Crippen LogP contribution is -2.55. The minimum Gasteiger partial charge on any atom is -0.393 e. The maximum atomic E-state index is 13.1. The molecule has 2 aromatic rings. The van der Waals surface area contributed by atoms with Gasteiger partial charge in [-0.25, -0.2) is 9.37 Å². The third kappa shape index (κ3) is 3.77. The Morgan fingerprint density at radius 3 is 2.83 bits per heavy atom. The summed E-state index contributed by atoms with van der Waals surface area (Å²) in [5.74, 6) is -0.257. The van der Waals surface area contributed by atoms with Crippen molar-refractivity contribution >= 4 is 0 Å². The molecule has 0 unspecified atom stereocenters. The number of aliphatic hydroxyl groups excluding tert-OH is 1. The predicted molar refractivity (Wildman–Crippen MR) is 84.5 cm³/mol. The van der Waals surface area contributed by atoms with Crippen molar-refractivity contribution in [3.05, 3.63) is 53.4 Å². The van der Waals surface area contributed by atoms with Gasteiger partial charge in [0.25, 0.3) is 0 Å². The summed E-state index contributed by atoms with van der Waals surface area (Å²) in [4.78, 5) is 9.66. The lowest BCUT2D eigenvalue weighted by molar-refractivity contribution is -0.134. The van der Waals surface area contributed by atoms with Gasteiger partial charge in [-0.1, -0.05) is 12.1 Å². The van der Waals surface area contributed by atoms with Gasteiger partial charge in [-0.05, 0) is 24.6 Å². The molecule has 0 aliphatic carbocycles. The number of morpholine rings is 1. The van der Waals surface area contributed by atoms with Gasteiger partial charge >= 0.3 is 0 Å². The summed E-state index contributed by atoms with van der Waals surface area (Å²) in [5.41, 5.74) is 2.38. The van der Waals surface area contributed by atoms with Crippen LogP contribution < -0.4 is 0 Å². The van der Waals surface area contributed by atoms with Crippen LogP contribution in [0.25, 0.3) is 0 Å². The molecule has 124 valence electrons. The standard InChI is InChI=1S/C17H22FN3O2/c1-13-16(20-12-19-13)9-21-6-7-23-17(10-21,11-22)8-14-2-4-15(18)5-3-14/h2-5,12,22H,6-11H2,1H3,(H,19,20)/t17-/m0/s1. The van der Waals surface area contributed by atoms with E-state index in [2.05, 4.69) is 14.9 Å². The number of aliphatic hydroxyl groups is 1. The molecule has 1 aromatic heterocycles. The number of aromatic amines is 1. The molecule has 0 spiro atoms. The number of halogens is 1. The Bertz CT molecular complexity index is 644. The number of ether oxygens (including phenoxy) is 1. The molecule has 0 amide bonds. The first-order valence-corrected chi connectivity index (χ1v) is 7.81. The van der Waals surface area contributed by atoms with Crippen LogP contribution in [0.2, 0.25) is 0 Å². The van der Waals surface area contributed by atoms with Crippen molar-refractivity contribution in [1.29, 1.82) is 0 Å². The second-order valence-corrected chi connectivity index (χ2v) is 6.18. The molecular weight excluding hydrogens is 297 g/mol. The Labute approximate surface area is 135 Å². The summed E-state index contributed by atoms with van der Waals surface area (Å²) in [6.07, 6.45) is 2.25. The van der Waals surface area contributed by atoms with Crippen LogP contribution in [0.4, 0.5) is 4.39 Å². The van der Waals surface area contributed by atoms with Crippen molar-refractivity contribution in [3.8, 4) is 0 Å². The van der Waals surface area contributed by atoms with Gasteiger partial charge in [-0.3, -0.25) is 4.90 Å². The maximum absolute atomic E-state index is 13.1. The average Bonchev–Trinajstić information content (AvgIpc) is 2.95. The molecule has 6 heteroatoms. The zero-order chi connectivity index (χ0) is 16.3. The Balaban J connectivity index is 1.70. The zero-order valence-electron chi connectivity index (χ0n) is 13.3. The highest BCUT2D eigenvalue weighted by molar-refractivity contribution is 5.19. The van der Waals surface area contributed by atoms with Crippen LogP contribution in [0, 0.1) is 12.7 Å².